The molecule has 130 valence electrons. The van der Waals surface area contributed by atoms with Crippen LogP contribution >= 0.6 is 0 Å². The minimum Gasteiger partial charge on any atom is -0.379 e. The van der Waals surface area contributed by atoms with Crippen LogP contribution in [-0.2, 0) is 24.8 Å². The largest absolute Gasteiger partial charge is 0.379 e. The third-order valence-corrected chi connectivity index (χ3v) is 5.36. The highest BCUT2D eigenvalue weighted by Gasteiger charge is 2.32. The van der Waals surface area contributed by atoms with Gasteiger partial charge in [-0.3, -0.25) is 9.58 Å². The summed E-state index contributed by atoms with van der Waals surface area (Å²) in [6, 6.07) is 0.244. The second-order valence-electron chi connectivity index (χ2n) is 7.20. The van der Waals surface area contributed by atoms with E-state index >= 15 is 0 Å². The van der Waals surface area contributed by atoms with Crippen molar-refractivity contribution in [3.8, 4) is 0 Å². The van der Waals surface area contributed by atoms with E-state index in [0.717, 1.165) is 50.1 Å². The van der Waals surface area contributed by atoms with Crippen LogP contribution in [0, 0.1) is 19.8 Å². The first-order valence-electron chi connectivity index (χ1n) is 8.87. The van der Waals surface area contributed by atoms with Gasteiger partial charge in [0.2, 0.25) is 0 Å². The summed E-state index contributed by atoms with van der Waals surface area (Å²) in [6.45, 7) is 7.50. The van der Waals surface area contributed by atoms with Gasteiger partial charge in [-0.05, 0) is 44.6 Å². The molecule has 1 atom stereocenters. The molecule has 6 heteroatoms. The third kappa shape index (κ3) is 3.00. The van der Waals surface area contributed by atoms with Crippen molar-refractivity contribution in [2.24, 2.45) is 13.0 Å². The fourth-order valence-corrected chi connectivity index (χ4v) is 3.64. The first-order chi connectivity index (χ1) is 11.6. The standard InChI is InChI=1S/C18H26N4O2/c1-12-16(13(2)24-20-12)9-22-7-6-15-8-19-21(3)18(15)17(22)11-23-10-14-4-5-14/h8,14,17H,4-7,9-11H2,1-3H3/t17-/m0/s1. The van der Waals surface area contributed by atoms with Crippen molar-refractivity contribution in [3.63, 3.8) is 0 Å². The van der Waals surface area contributed by atoms with Gasteiger partial charge in [-0.1, -0.05) is 5.16 Å². The summed E-state index contributed by atoms with van der Waals surface area (Å²) in [5.74, 6) is 1.71. The summed E-state index contributed by atoms with van der Waals surface area (Å²) < 4.78 is 13.4. The van der Waals surface area contributed by atoms with Crippen molar-refractivity contribution < 1.29 is 9.26 Å². The number of fused-ring (bicyclic) bond motifs is 1. The van der Waals surface area contributed by atoms with E-state index < -0.39 is 0 Å². The van der Waals surface area contributed by atoms with Crippen molar-refractivity contribution >= 4 is 0 Å². The van der Waals surface area contributed by atoms with Crippen LogP contribution in [0.25, 0.3) is 0 Å². The van der Waals surface area contributed by atoms with Gasteiger partial charge in [-0.2, -0.15) is 5.10 Å². The van der Waals surface area contributed by atoms with E-state index in [4.69, 9.17) is 9.26 Å². The van der Waals surface area contributed by atoms with E-state index in [2.05, 4.69) is 15.2 Å². The molecule has 0 N–H and O–H groups in total. The molecular weight excluding hydrogens is 304 g/mol. The topological polar surface area (TPSA) is 56.3 Å². The van der Waals surface area contributed by atoms with Crippen molar-refractivity contribution in [2.75, 3.05) is 19.8 Å². The second-order valence-corrected chi connectivity index (χ2v) is 7.20. The molecule has 3 heterocycles. The molecule has 0 radical (unpaired) electrons. The van der Waals surface area contributed by atoms with Crippen LogP contribution in [0.5, 0.6) is 0 Å². The Labute approximate surface area is 142 Å². The highest BCUT2D eigenvalue weighted by atomic mass is 16.5. The zero-order valence-corrected chi connectivity index (χ0v) is 14.8. The Kier molecular flexibility index (Phi) is 4.18. The van der Waals surface area contributed by atoms with Crippen LogP contribution in [0.2, 0.25) is 0 Å². The Bertz CT molecular complexity index is 697. The zero-order chi connectivity index (χ0) is 16.7. The molecule has 2 aromatic rings. The number of hydrogen-bond acceptors (Lipinski definition) is 5. The molecule has 1 fully saturated rings. The molecule has 24 heavy (non-hydrogen) atoms. The molecule has 0 aromatic carbocycles. The quantitative estimate of drug-likeness (QED) is 0.815. The minimum atomic E-state index is 0.244. The van der Waals surface area contributed by atoms with Gasteiger partial charge in [-0.25, -0.2) is 0 Å². The normalized spacial score (nSPS) is 21.2. The van der Waals surface area contributed by atoms with Crippen molar-refractivity contribution in [1.82, 2.24) is 19.8 Å². The summed E-state index contributed by atoms with van der Waals surface area (Å²) >= 11 is 0. The fourth-order valence-electron chi connectivity index (χ4n) is 3.64. The monoisotopic (exact) mass is 330 g/mol. The molecular formula is C18H26N4O2. The lowest BCUT2D eigenvalue weighted by Gasteiger charge is -2.36. The summed E-state index contributed by atoms with van der Waals surface area (Å²) in [6.07, 6.45) is 5.69. The maximum Gasteiger partial charge on any atom is 0.138 e. The SMILES string of the molecule is Cc1noc(C)c1CN1CCc2cnn(C)c2[C@@H]1COCC1CC1. The predicted octanol–water partition coefficient (Wildman–Crippen LogP) is 2.55. The molecule has 6 nitrogen and oxygen atoms in total. The molecule has 0 amide bonds. The molecule has 2 aromatic heterocycles. The van der Waals surface area contributed by atoms with E-state index in [0.29, 0.717) is 0 Å². The maximum atomic E-state index is 6.07. The van der Waals surface area contributed by atoms with Crippen molar-refractivity contribution in [3.05, 3.63) is 34.5 Å². The second kappa shape index (κ2) is 6.33. The first-order valence-corrected chi connectivity index (χ1v) is 8.87. The molecule has 1 saturated carbocycles. The van der Waals surface area contributed by atoms with Crippen LogP contribution in [0.4, 0.5) is 0 Å². The van der Waals surface area contributed by atoms with Gasteiger partial charge in [0.25, 0.3) is 0 Å². The van der Waals surface area contributed by atoms with Gasteiger partial charge in [0.1, 0.15) is 5.76 Å². The molecule has 4 rings (SSSR count). The molecule has 0 bridgehead atoms. The third-order valence-electron chi connectivity index (χ3n) is 5.36. The van der Waals surface area contributed by atoms with E-state index in [1.165, 1.54) is 29.7 Å². The van der Waals surface area contributed by atoms with Gasteiger partial charge in [-0.15, -0.1) is 0 Å². The fraction of sp³-hybridized carbons (Fsp3) is 0.667. The van der Waals surface area contributed by atoms with E-state index in [-0.39, 0.29) is 6.04 Å². The van der Waals surface area contributed by atoms with Gasteiger partial charge < -0.3 is 9.26 Å². The molecule has 0 spiro atoms. The molecule has 0 unspecified atom stereocenters. The predicted molar refractivity (Wildman–Crippen MR) is 89.6 cm³/mol. The average molecular weight is 330 g/mol. The highest BCUT2D eigenvalue weighted by Crippen LogP contribution is 2.33. The lowest BCUT2D eigenvalue weighted by atomic mass is 9.99. The number of nitrogens with zero attached hydrogens (tertiary/aromatic N) is 4. The maximum absolute atomic E-state index is 6.07. The smallest absolute Gasteiger partial charge is 0.138 e. The number of rotatable bonds is 6. The van der Waals surface area contributed by atoms with E-state index in [1.54, 1.807) is 0 Å². The molecule has 1 aliphatic carbocycles. The van der Waals surface area contributed by atoms with Crippen LogP contribution in [0.15, 0.2) is 10.7 Å². The van der Waals surface area contributed by atoms with E-state index in [9.17, 15) is 0 Å². The Morgan fingerprint density at radius 2 is 2.12 bits per heavy atom. The first kappa shape index (κ1) is 15.8. The van der Waals surface area contributed by atoms with Crippen LogP contribution in [-0.4, -0.2) is 39.6 Å². The molecule has 0 saturated heterocycles. The van der Waals surface area contributed by atoms with Crippen molar-refractivity contribution in [2.45, 2.75) is 45.7 Å². The lowest BCUT2D eigenvalue weighted by molar-refractivity contribution is 0.0410. The number of hydrogen-bond donors (Lipinski definition) is 0. The van der Waals surface area contributed by atoms with Gasteiger partial charge in [0.15, 0.2) is 0 Å². The summed E-state index contributed by atoms with van der Waals surface area (Å²) in [5.41, 5.74) is 4.84. The lowest BCUT2D eigenvalue weighted by Crippen LogP contribution is -2.38. The number of ether oxygens (including phenoxy) is 1. The molecule has 1 aliphatic heterocycles. The van der Waals surface area contributed by atoms with Crippen molar-refractivity contribution in [1.29, 1.82) is 0 Å². The summed E-state index contributed by atoms with van der Waals surface area (Å²) in [4.78, 5) is 2.49. The van der Waals surface area contributed by atoms with Gasteiger partial charge in [0, 0.05) is 32.3 Å². The average Bonchev–Trinajstić information content (AvgIpc) is 3.25. The molecule has 2 aliphatic rings. The van der Waals surface area contributed by atoms with Gasteiger partial charge in [0.05, 0.1) is 30.2 Å². The highest BCUT2D eigenvalue weighted by molar-refractivity contribution is 5.27. The van der Waals surface area contributed by atoms with Gasteiger partial charge >= 0.3 is 0 Å². The Hall–Kier alpha value is -1.66. The van der Waals surface area contributed by atoms with Crippen LogP contribution in [0.1, 0.15) is 47.2 Å². The Morgan fingerprint density at radius 1 is 1.29 bits per heavy atom. The summed E-state index contributed by atoms with van der Waals surface area (Å²) in [7, 11) is 2.03. The van der Waals surface area contributed by atoms with Crippen LogP contribution < -0.4 is 0 Å². The Balaban J connectivity index is 1.55. The number of aromatic nitrogens is 3. The summed E-state index contributed by atoms with van der Waals surface area (Å²) in [5, 5.41) is 8.58. The minimum absolute atomic E-state index is 0.244. The van der Waals surface area contributed by atoms with Crippen LogP contribution in [0.3, 0.4) is 0 Å². The van der Waals surface area contributed by atoms with E-state index in [1.807, 2.05) is 31.8 Å². The zero-order valence-electron chi connectivity index (χ0n) is 14.8. The Morgan fingerprint density at radius 3 is 2.83 bits per heavy atom. The number of aryl methyl sites for hydroxylation is 3.